The van der Waals surface area contributed by atoms with Gasteiger partial charge in [-0.25, -0.2) is 8.42 Å². The van der Waals surface area contributed by atoms with Crippen LogP contribution in [-0.4, -0.2) is 62.6 Å². The number of likely N-dealkylation sites (tertiary alicyclic amines) is 1. The molecule has 26 heavy (non-hydrogen) atoms. The van der Waals surface area contributed by atoms with E-state index in [0.717, 1.165) is 0 Å². The summed E-state index contributed by atoms with van der Waals surface area (Å²) in [4.78, 5) is 14.7. The zero-order chi connectivity index (χ0) is 18.9. The van der Waals surface area contributed by atoms with Crippen LogP contribution in [0.15, 0.2) is 12.1 Å². The lowest BCUT2D eigenvalue weighted by Gasteiger charge is -2.27. The maximum Gasteiger partial charge on any atom is 0.254 e. The second-order valence-corrected chi connectivity index (χ2v) is 8.72. The van der Waals surface area contributed by atoms with E-state index in [1.54, 1.807) is 17.0 Å². The maximum atomic E-state index is 13.0. The molecule has 0 aromatic heterocycles. The van der Waals surface area contributed by atoms with Crippen molar-refractivity contribution in [3.8, 4) is 17.2 Å². The molecule has 1 aromatic carbocycles. The first-order valence-electron chi connectivity index (χ1n) is 9.00. The van der Waals surface area contributed by atoms with E-state index in [4.69, 9.17) is 14.2 Å². The highest BCUT2D eigenvalue weighted by Crippen LogP contribution is 2.40. The van der Waals surface area contributed by atoms with Crippen molar-refractivity contribution in [2.75, 3.05) is 32.1 Å². The van der Waals surface area contributed by atoms with Gasteiger partial charge in [0.15, 0.2) is 21.3 Å². The van der Waals surface area contributed by atoms with Crippen LogP contribution in [0.3, 0.4) is 0 Å². The molecule has 0 saturated carbocycles. The predicted octanol–water partition coefficient (Wildman–Crippen LogP) is 1.89. The van der Waals surface area contributed by atoms with Crippen molar-refractivity contribution in [1.82, 2.24) is 4.90 Å². The smallest absolute Gasteiger partial charge is 0.254 e. The number of hydrogen-bond acceptors (Lipinski definition) is 6. The summed E-state index contributed by atoms with van der Waals surface area (Å²) in [5.41, 5.74) is 0.422. The minimum Gasteiger partial charge on any atom is -0.490 e. The van der Waals surface area contributed by atoms with Crippen LogP contribution in [0.5, 0.6) is 17.2 Å². The van der Waals surface area contributed by atoms with Crippen LogP contribution in [0.2, 0.25) is 0 Å². The van der Waals surface area contributed by atoms with Crippen LogP contribution in [0.4, 0.5) is 0 Å². The van der Waals surface area contributed by atoms with E-state index < -0.39 is 15.1 Å². The molecule has 0 radical (unpaired) electrons. The molecule has 0 spiro atoms. The maximum absolute atomic E-state index is 13.0. The zero-order valence-corrected chi connectivity index (χ0v) is 16.2. The van der Waals surface area contributed by atoms with Crippen molar-refractivity contribution in [2.45, 2.75) is 38.5 Å². The molecule has 2 aliphatic heterocycles. The summed E-state index contributed by atoms with van der Waals surface area (Å²) in [6, 6.07) is 3.06. The Labute approximate surface area is 154 Å². The minimum absolute atomic E-state index is 0.0526. The fraction of sp³-hybridized carbons (Fsp3) is 0.611. The molecule has 0 aliphatic carbocycles. The van der Waals surface area contributed by atoms with E-state index in [0.29, 0.717) is 49.1 Å². The van der Waals surface area contributed by atoms with Crippen molar-refractivity contribution >= 4 is 15.7 Å². The Kier molecular flexibility index (Phi) is 5.32. The number of amides is 1. The molecule has 0 N–H and O–H groups in total. The molecule has 2 aliphatic rings. The lowest BCUT2D eigenvalue weighted by molar-refractivity contribution is 0.0744. The summed E-state index contributed by atoms with van der Waals surface area (Å²) >= 11 is 0. The van der Waals surface area contributed by atoms with Gasteiger partial charge >= 0.3 is 0 Å². The van der Waals surface area contributed by atoms with Gasteiger partial charge in [-0.2, -0.15) is 0 Å². The van der Waals surface area contributed by atoms with Crippen LogP contribution in [0.1, 0.15) is 37.6 Å². The third-order valence-corrected chi connectivity index (χ3v) is 6.93. The first-order chi connectivity index (χ1) is 12.4. The number of carbonyl (C=O) groups is 1. The van der Waals surface area contributed by atoms with Crippen molar-refractivity contribution in [3.63, 3.8) is 0 Å². The molecule has 2 bridgehead atoms. The monoisotopic (exact) mass is 383 g/mol. The van der Waals surface area contributed by atoms with Gasteiger partial charge in [0.25, 0.3) is 5.91 Å². The van der Waals surface area contributed by atoms with E-state index in [1.165, 1.54) is 0 Å². The summed E-state index contributed by atoms with van der Waals surface area (Å²) in [6.07, 6.45) is 0.530. The summed E-state index contributed by atoms with van der Waals surface area (Å²) in [6.45, 7) is 7.13. The molecular formula is C18H25NO6S. The first-order valence-corrected chi connectivity index (χ1v) is 10.7. The number of fused-ring (bicyclic) bond motifs is 2. The van der Waals surface area contributed by atoms with Crippen molar-refractivity contribution < 1.29 is 27.4 Å². The lowest BCUT2D eigenvalue weighted by Crippen LogP contribution is -2.44. The quantitative estimate of drug-likeness (QED) is 0.715. The second kappa shape index (κ2) is 7.34. The number of nitrogens with zero attached hydrogens (tertiary/aromatic N) is 1. The molecule has 3 rings (SSSR count). The van der Waals surface area contributed by atoms with Gasteiger partial charge in [-0.05, 0) is 39.3 Å². The Morgan fingerprint density at radius 1 is 1.08 bits per heavy atom. The summed E-state index contributed by atoms with van der Waals surface area (Å²) in [7, 11) is -3.05. The molecule has 2 saturated heterocycles. The molecule has 1 amide bonds. The highest BCUT2D eigenvalue weighted by Gasteiger charge is 2.50. The van der Waals surface area contributed by atoms with Gasteiger partial charge in [-0.15, -0.1) is 0 Å². The van der Waals surface area contributed by atoms with E-state index in [2.05, 4.69) is 0 Å². The fourth-order valence-corrected chi connectivity index (χ4v) is 5.65. The Balaban J connectivity index is 1.93. The molecule has 7 nitrogen and oxygen atoms in total. The van der Waals surface area contributed by atoms with Gasteiger partial charge in [0.1, 0.15) is 0 Å². The molecule has 144 valence electrons. The summed E-state index contributed by atoms with van der Waals surface area (Å²) in [5, 5.41) is -0.433. The summed E-state index contributed by atoms with van der Waals surface area (Å²) in [5.74, 6) is 1.26. The van der Waals surface area contributed by atoms with Gasteiger partial charge in [0.05, 0.1) is 30.8 Å². The molecule has 2 heterocycles. The second-order valence-electron chi connectivity index (χ2n) is 6.40. The SMILES string of the molecule is CCOc1cc(C(=O)N2CC3CC2CS3(=O)=O)cc(OCC)c1OCC. The number of sulfone groups is 1. The van der Waals surface area contributed by atoms with Crippen LogP contribution in [0.25, 0.3) is 0 Å². The van der Waals surface area contributed by atoms with E-state index in [1.807, 2.05) is 20.8 Å². The average Bonchev–Trinajstić information content (AvgIpc) is 3.13. The number of rotatable bonds is 7. The third kappa shape index (κ3) is 3.34. The molecule has 2 atom stereocenters. The standard InChI is InChI=1S/C18H25NO6S/c1-4-23-15-7-12(8-16(24-5-2)17(15)25-6-3)18(20)19-10-14-9-13(19)11-26(14,21)22/h7-8,13-14H,4-6,9-11H2,1-3H3. The minimum atomic E-state index is -3.05. The average molecular weight is 383 g/mol. The predicted molar refractivity (Wildman–Crippen MR) is 97.0 cm³/mol. The van der Waals surface area contributed by atoms with Gasteiger partial charge < -0.3 is 19.1 Å². The third-order valence-electron chi connectivity index (χ3n) is 4.73. The largest absolute Gasteiger partial charge is 0.490 e. The fourth-order valence-electron chi connectivity index (χ4n) is 3.62. The molecular weight excluding hydrogens is 358 g/mol. The van der Waals surface area contributed by atoms with Crippen LogP contribution < -0.4 is 14.2 Å². The molecule has 8 heteroatoms. The van der Waals surface area contributed by atoms with Crippen molar-refractivity contribution in [3.05, 3.63) is 17.7 Å². The first kappa shape index (κ1) is 18.8. The van der Waals surface area contributed by atoms with E-state index in [9.17, 15) is 13.2 Å². The molecule has 2 unspecified atom stereocenters. The normalized spacial score (nSPS) is 23.1. The van der Waals surface area contributed by atoms with Crippen molar-refractivity contribution in [1.29, 1.82) is 0 Å². The van der Waals surface area contributed by atoms with E-state index >= 15 is 0 Å². The number of carbonyl (C=O) groups excluding carboxylic acids is 1. The topological polar surface area (TPSA) is 82.1 Å². The lowest BCUT2D eigenvalue weighted by atomic mass is 10.1. The summed E-state index contributed by atoms with van der Waals surface area (Å²) < 4.78 is 40.8. The molecule has 1 aromatic rings. The van der Waals surface area contributed by atoms with Gasteiger partial charge in [0.2, 0.25) is 5.75 Å². The highest BCUT2D eigenvalue weighted by molar-refractivity contribution is 7.92. The van der Waals surface area contributed by atoms with Crippen LogP contribution >= 0.6 is 0 Å². The van der Waals surface area contributed by atoms with Gasteiger partial charge in [0, 0.05) is 18.2 Å². The van der Waals surface area contributed by atoms with Crippen LogP contribution in [-0.2, 0) is 9.84 Å². The Morgan fingerprint density at radius 3 is 2.08 bits per heavy atom. The van der Waals surface area contributed by atoms with E-state index in [-0.39, 0.29) is 24.2 Å². The Bertz CT molecular complexity index is 764. The van der Waals surface area contributed by atoms with Crippen molar-refractivity contribution in [2.24, 2.45) is 0 Å². The molecule has 2 fully saturated rings. The Morgan fingerprint density at radius 2 is 1.65 bits per heavy atom. The number of benzene rings is 1. The zero-order valence-electron chi connectivity index (χ0n) is 15.4. The Hall–Kier alpha value is -1.96. The van der Waals surface area contributed by atoms with Crippen LogP contribution in [0, 0.1) is 0 Å². The number of ether oxygens (including phenoxy) is 3. The highest BCUT2D eigenvalue weighted by atomic mass is 32.2. The van der Waals surface area contributed by atoms with Gasteiger partial charge in [-0.3, -0.25) is 4.79 Å². The van der Waals surface area contributed by atoms with Gasteiger partial charge in [-0.1, -0.05) is 0 Å². The number of hydrogen-bond donors (Lipinski definition) is 0.